The number of rotatable bonds is 1. The van der Waals surface area contributed by atoms with Gasteiger partial charge in [-0.1, -0.05) is 41.9 Å². The molecule has 0 aliphatic rings. The van der Waals surface area contributed by atoms with Gasteiger partial charge < -0.3 is 5.73 Å². The van der Waals surface area contributed by atoms with Gasteiger partial charge in [0, 0.05) is 10.0 Å². The van der Waals surface area contributed by atoms with Crippen LogP contribution < -0.4 is 5.73 Å². The predicted molar refractivity (Wildman–Crippen MR) is 61.0 cm³/mol. The Morgan fingerprint density at radius 3 is 1.85 bits per heavy atom. The van der Waals surface area contributed by atoms with Gasteiger partial charge in [-0.15, -0.1) is 0 Å². The summed E-state index contributed by atoms with van der Waals surface area (Å²) in [6.45, 7) is 4.00. The van der Waals surface area contributed by atoms with E-state index < -0.39 is 0 Å². The molecule has 0 aliphatic heterocycles. The Balaban J connectivity index is 0. The van der Waals surface area contributed by atoms with Crippen molar-refractivity contribution >= 4 is 22.2 Å². The summed E-state index contributed by atoms with van der Waals surface area (Å²) in [7, 11) is 1.50. The van der Waals surface area contributed by atoms with Gasteiger partial charge in [0.1, 0.15) is 6.29 Å². The largest absolute Gasteiger partial charge is 0.333 e. The molecule has 0 heterocycles. The monoisotopic (exact) mass is 245 g/mol. The Morgan fingerprint density at radius 1 is 1.15 bits per heavy atom. The molecule has 2 nitrogen and oxygen atoms in total. The SMILES string of the molecule is CC.CN.O=Cc1ccc(Br)cc1. The van der Waals surface area contributed by atoms with Crippen LogP contribution in [0.15, 0.2) is 28.7 Å². The number of hydrogen-bond donors (Lipinski definition) is 1. The lowest BCUT2D eigenvalue weighted by molar-refractivity contribution is 0.112. The molecular formula is C10H16BrNO. The average molecular weight is 246 g/mol. The highest BCUT2D eigenvalue weighted by Gasteiger charge is 1.86. The second-order valence-electron chi connectivity index (χ2n) is 1.67. The summed E-state index contributed by atoms with van der Waals surface area (Å²) in [4.78, 5) is 10.1. The van der Waals surface area contributed by atoms with Crippen LogP contribution in [0.5, 0.6) is 0 Å². The van der Waals surface area contributed by atoms with E-state index in [2.05, 4.69) is 21.7 Å². The first-order valence-corrected chi connectivity index (χ1v) is 4.91. The van der Waals surface area contributed by atoms with Crippen molar-refractivity contribution in [3.05, 3.63) is 34.3 Å². The van der Waals surface area contributed by atoms with Gasteiger partial charge in [-0.2, -0.15) is 0 Å². The molecule has 0 saturated carbocycles. The lowest BCUT2D eigenvalue weighted by atomic mass is 10.2. The van der Waals surface area contributed by atoms with Crippen LogP contribution in [-0.2, 0) is 0 Å². The van der Waals surface area contributed by atoms with Crippen LogP contribution in [0.2, 0.25) is 0 Å². The second kappa shape index (κ2) is 11.3. The molecule has 0 radical (unpaired) electrons. The highest BCUT2D eigenvalue weighted by atomic mass is 79.9. The van der Waals surface area contributed by atoms with E-state index in [0.717, 1.165) is 10.8 Å². The van der Waals surface area contributed by atoms with Gasteiger partial charge in [0.2, 0.25) is 0 Å². The van der Waals surface area contributed by atoms with Crippen LogP contribution in [0.3, 0.4) is 0 Å². The summed E-state index contributed by atoms with van der Waals surface area (Å²) >= 11 is 3.26. The zero-order valence-electron chi connectivity index (χ0n) is 8.25. The van der Waals surface area contributed by atoms with Crippen molar-refractivity contribution in [2.45, 2.75) is 13.8 Å². The summed E-state index contributed by atoms with van der Waals surface area (Å²) in [6, 6.07) is 7.20. The highest BCUT2D eigenvalue weighted by molar-refractivity contribution is 9.10. The smallest absolute Gasteiger partial charge is 0.150 e. The van der Waals surface area contributed by atoms with Crippen LogP contribution >= 0.6 is 15.9 Å². The van der Waals surface area contributed by atoms with Crippen molar-refractivity contribution in [1.82, 2.24) is 0 Å². The zero-order chi connectivity index (χ0) is 10.7. The van der Waals surface area contributed by atoms with Crippen molar-refractivity contribution < 1.29 is 4.79 Å². The number of hydrogen-bond acceptors (Lipinski definition) is 2. The van der Waals surface area contributed by atoms with Gasteiger partial charge in [0.25, 0.3) is 0 Å². The summed E-state index contributed by atoms with van der Waals surface area (Å²) in [5.41, 5.74) is 5.21. The fraction of sp³-hybridized carbons (Fsp3) is 0.300. The maximum atomic E-state index is 10.1. The van der Waals surface area contributed by atoms with Crippen LogP contribution in [0.4, 0.5) is 0 Å². The molecule has 0 aromatic heterocycles. The van der Waals surface area contributed by atoms with Crippen LogP contribution in [-0.4, -0.2) is 13.3 Å². The maximum Gasteiger partial charge on any atom is 0.150 e. The molecular weight excluding hydrogens is 230 g/mol. The first kappa shape index (κ1) is 14.8. The Bertz CT molecular complexity index is 209. The summed E-state index contributed by atoms with van der Waals surface area (Å²) < 4.78 is 0.994. The van der Waals surface area contributed by atoms with E-state index in [1.165, 1.54) is 7.05 Å². The minimum atomic E-state index is 0.707. The zero-order valence-corrected chi connectivity index (χ0v) is 9.84. The van der Waals surface area contributed by atoms with Crippen molar-refractivity contribution in [2.75, 3.05) is 7.05 Å². The molecule has 0 atom stereocenters. The van der Waals surface area contributed by atoms with Crippen molar-refractivity contribution in [3.63, 3.8) is 0 Å². The fourth-order valence-electron chi connectivity index (χ4n) is 0.541. The van der Waals surface area contributed by atoms with Gasteiger partial charge in [-0.25, -0.2) is 0 Å². The molecule has 3 heteroatoms. The molecule has 0 fully saturated rings. The van der Waals surface area contributed by atoms with Crippen molar-refractivity contribution in [1.29, 1.82) is 0 Å². The minimum Gasteiger partial charge on any atom is -0.333 e. The van der Waals surface area contributed by atoms with Gasteiger partial charge in [0.15, 0.2) is 0 Å². The maximum absolute atomic E-state index is 10.1. The standard InChI is InChI=1S/C7H5BrO.C2H6.CH5N/c8-7-3-1-6(5-9)2-4-7;2*1-2/h1-5H;1-2H3;2H2,1H3. The molecule has 0 spiro atoms. The Kier molecular flexibility index (Phi) is 12.9. The molecule has 1 aromatic rings. The highest BCUT2D eigenvalue weighted by Crippen LogP contribution is 2.08. The van der Waals surface area contributed by atoms with Gasteiger partial charge >= 0.3 is 0 Å². The fourth-order valence-corrected chi connectivity index (χ4v) is 0.806. The predicted octanol–water partition coefficient (Wildman–Crippen LogP) is 2.86. The number of carbonyl (C=O) groups is 1. The van der Waals surface area contributed by atoms with E-state index in [9.17, 15) is 4.79 Å². The van der Waals surface area contributed by atoms with E-state index in [1.807, 2.05) is 26.0 Å². The quantitative estimate of drug-likeness (QED) is 0.774. The molecule has 1 rings (SSSR count). The van der Waals surface area contributed by atoms with E-state index in [-0.39, 0.29) is 0 Å². The lowest BCUT2D eigenvalue weighted by Gasteiger charge is -1.87. The Morgan fingerprint density at radius 2 is 1.54 bits per heavy atom. The average Bonchev–Trinajstić information content (AvgIpc) is 2.25. The number of halogens is 1. The summed E-state index contributed by atoms with van der Waals surface area (Å²) in [5, 5.41) is 0. The molecule has 0 unspecified atom stereocenters. The lowest BCUT2D eigenvalue weighted by Crippen LogP contribution is -1.75. The van der Waals surface area contributed by atoms with E-state index in [4.69, 9.17) is 0 Å². The van der Waals surface area contributed by atoms with E-state index >= 15 is 0 Å². The summed E-state index contributed by atoms with van der Waals surface area (Å²) in [5.74, 6) is 0. The topological polar surface area (TPSA) is 43.1 Å². The number of aldehydes is 1. The van der Waals surface area contributed by atoms with Crippen molar-refractivity contribution in [2.24, 2.45) is 5.73 Å². The number of benzene rings is 1. The number of nitrogens with two attached hydrogens (primary N) is 1. The Hall–Kier alpha value is -0.670. The summed E-state index contributed by atoms with van der Waals surface area (Å²) in [6.07, 6.45) is 0.826. The first-order valence-electron chi connectivity index (χ1n) is 4.11. The van der Waals surface area contributed by atoms with E-state index in [0.29, 0.717) is 5.56 Å². The number of carbonyl (C=O) groups excluding carboxylic acids is 1. The van der Waals surface area contributed by atoms with Crippen molar-refractivity contribution in [3.8, 4) is 0 Å². The molecule has 0 bridgehead atoms. The Labute approximate surface area is 88.3 Å². The van der Waals surface area contributed by atoms with Gasteiger partial charge in [-0.3, -0.25) is 4.79 Å². The van der Waals surface area contributed by atoms with Crippen LogP contribution in [0.1, 0.15) is 24.2 Å². The van der Waals surface area contributed by atoms with Crippen LogP contribution in [0, 0.1) is 0 Å². The third-order valence-corrected chi connectivity index (χ3v) is 1.53. The van der Waals surface area contributed by atoms with E-state index in [1.54, 1.807) is 12.1 Å². The third kappa shape index (κ3) is 7.68. The molecule has 0 saturated heterocycles. The van der Waals surface area contributed by atoms with Gasteiger partial charge in [0.05, 0.1) is 0 Å². The van der Waals surface area contributed by atoms with Gasteiger partial charge in [-0.05, 0) is 19.2 Å². The molecule has 74 valence electrons. The second-order valence-corrected chi connectivity index (χ2v) is 2.59. The third-order valence-electron chi connectivity index (χ3n) is 1.01. The molecule has 0 amide bonds. The normalized spacial score (nSPS) is 7.15. The molecule has 2 N–H and O–H groups in total. The minimum absolute atomic E-state index is 0.707. The molecule has 1 aromatic carbocycles. The van der Waals surface area contributed by atoms with Crippen LogP contribution in [0.25, 0.3) is 0 Å². The molecule has 13 heavy (non-hydrogen) atoms. The first-order chi connectivity index (χ1) is 6.33. The molecule has 0 aliphatic carbocycles.